The van der Waals surface area contributed by atoms with Gasteiger partial charge < -0.3 is 25.1 Å². The normalized spacial score (nSPS) is 42.3. The predicted octanol–water partition coefficient (Wildman–Crippen LogP) is 7.72. The molecule has 0 radical (unpaired) electrons. The van der Waals surface area contributed by atoms with Gasteiger partial charge in [-0.1, -0.05) is 74.0 Å². The lowest BCUT2D eigenvalue weighted by molar-refractivity contribution is -0.252. The van der Waals surface area contributed by atoms with Gasteiger partial charge >= 0.3 is 11.9 Å². The van der Waals surface area contributed by atoms with Gasteiger partial charge in [-0.3, -0.25) is 4.79 Å². The Hall–Kier alpha value is -1.82. The summed E-state index contributed by atoms with van der Waals surface area (Å²) in [6, 6.07) is -0.347. The number of fused-ring (bicyclic) bond motifs is 3. The maximum absolute atomic E-state index is 13.5. The molecule has 2 bridgehead atoms. The molecule has 11 heteroatoms. The molecular weight excluding hydrogens is 712 g/mol. The Bertz CT molecular complexity index is 1580. The van der Waals surface area contributed by atoms with Crippen LogP contribution in [0.25, 0.3) is 0 Å². The third-order valence-electron chi connectivity index (χ3n) is 16.3. The highest BCUT2D eigenvalue weighted by Crippen LogP contribution is 2.75. The van der Waals surface area contributed by atoms with Crippen LogP contribution in [0.3, 0.4) is 0 Å². The third kappa shape index (κ3) is 5.54. The van der Waals surface area contributed by atoms with Crippen molar-refractivity contribution in [2.24, 2.45) is 68.3 Å². The van der Waals surface area contributed by atoms with Crippen LogP contribution in [0.5, 0.6) is 0 Å². The molecule has 0 spiro atoms. The number of halogens is 1. The summed E-state index contributed by atoms with van der Waals surface area (Å²) in [5, 5.41) is 15.9. The molecule has 1 aromatic rings. The maximum Gasteiger partial charge on any atom is 0.375 e. The van der Waals surface area contributed by atoms with Gasteiger partial charge in [0, 0.05) is 16.4 Å². The van der Waals surface area contributed by atoms with Crippen molar-refractivity contribution in [1.82, 2.24) is 14.8 Å². The first-order chi connectivity index (χ1) is 23.6. The van der Waals surface area contributed by atoms with Crippen LogP contribution < -0.4 is 5.73 Å². The molecule has 5 aliphatic rings. The van der Waals surface area contributed by atoms with E-state index < -0.39 is 34.2 Å². The molecule has 1 saturated heterocycles. The van der Waals surface area contributed by atoms with E-state index in [1.807, 2.05) is 6.92 Å². The lowest BCUT2D eigenvalue weighted by Crippen LogP contribution is -2.69. The molecule has 0 aromatic carbocycles. The number of nitrogens with zero attached hydrogens (tertiary/aromatic N) is 3. The second-order valence-corrected chi connectivity index (χ2v) is 19.9. The zero-order valence-corrected chi connectivity index (χ0v) is 34.4. The standard InChI is InChI=1S/C40H63BrN4O6/c1-22(2)24(5)35(6)16-17-37(8)25-12-13-28-36(7)19-50-21-40(28,26(25)14-15-38(37,9)29(35)32(46)47)18-27(30(36)51-20-39(10,42)23(3)4)45-31(33(48)49-11)43-34(41)44-45/h14,22-25,27-30H,12-13,15-21,42H2,1-11H3,(H,46,47)/t24-,25+,27-,28+,29-,30+,35-,36-,37-,38+,39+,40?/m1/s1. The van der Waals surface area contributed by atoms with Gasteiger partial charge in [-0.2, -0.15) is 4.98 Å². The van der Waals surface area contributed by atoms with Crippen LogP contribution in [-0.4, -0.2) is 70.4 Å². The van der Waals surface area contributed by atoms with E-state index in [9.17, 15) is 14.7 Å². The molecule has 3 saturated carbocycles. The molecule has 2 heterocycles. The molecule has 12 atom stereocenters. The summed E-state index contributed by atoms with van der Waals surface area (Å²) < 4.78 is 21.0. The Labute approximate surface area is 313 Å². The molecule has 4 fully saturated rings. The molecule has 286 valence electrons. The lowest BCUT2D eigenvalue weighted by Gasteiger charge is -2.71. The fraction of sp³-hybridized carbons (Fsp3) is 0.850. The minimum absolute atomic E-state index is 0.138. The first-order valence-corrected chi connectivity index (χ1v) is 20.1. The van der Waals surface area contributed by atoms with Gasteiger partial charge in [0.1, 0.15) is 0 Å². The van der Waals surface area contributed by atoms with Gasteiger partial charge in [0.05, 0.1) is 45.0 Å². The molecule has 1 unspecified atom stereocenters. The molecule has 10 nitrogen and oxygen atoms in total. The minimum Gasteiger partial charge on any atom is -0.481 e. The van der Waals surface area contributed by atoms with Crippen LogP contribution in [0.1, 0.15) is 124 Å². The van der Waals surface area contributed by atoms with Gasteiger partial charge in [0.15, 0.2) is 0 Å². The molecule has 3 N–H and O–H groups in total. The van der Waals surface area contributed by atoms with Crippen molar-refractivity contribution in [3.63, 3.8) is 0 Å². The lowest BCUT2D eigenvalue weighted by atomic mass is 9.34. The Kier molecular flexibility index (Phi) is 9.84. The average Bonchev–Trinajstić information content (AvgIpc) is 3.44. The van der Waals surface area contributed by atoms with E-state index in [1.165, 1.54) is 12.7 Å². The number of hydrogen-bond donors (Lipinski definition) is 2. The topological polar surface area (TPSA) is 139 Å². The molecule has 1 aromatic heterocycles. The Morgan fingerprint density at radius 2 is 1.80 bits per heavy atom. The Morgan fingerprint density at radius 1 is 1.12 bits per heavy atom. The molecule has 4 aliphatic carbocycles. The number of hydrogen-bond acceptors (Lipinski definition) is 8. The number of aromatic nitrogens is 3. The second kappa shape index (κ2) is 12.9. The predicted molar refractivity (Wildman–Crippen MR) is 199 cm³/mol. The molecular formula is C40H63BrN4O6. The first kappa shape index (κ1) is 38.9. The minimum atomic E-state index is -0.658. The number of esters is 1. The molecule has 6 rings (SSSR count). The van der Waals surface area contributed by atoms with Crippen molar-refractivity contribution >= 4 is 27.9 Å². The fourth-order valence-electron chi connectivity index (χ4n) is 12.3. The fourth-order valence-corrected chi connectivity index (χ4v) is 12.7. The van der Waals surface area contributed by atoms with Gasteiger partial charge in [-0.25, -0.2) is 9.48 Å². The highest BCUT2D eigenvalue weighted by Gasteiger charge is 2.72. The summed E-state index contributed by atoms with van der Waals surface area (Å²) in [5.74, 6) is -0.191. The molecule has 1 aliphatic heterocycles. The van der Waals surface area contributed by atoms with E-state index in [2.05, 4.69) is 89.3 Å². The summed E-state index contributed by atoms with van der Waals surface area (Å²) in [7, 11) is 1.36. The van der Waals surface area contributed by atoms with Crippen LogP contribution in [0.15, 0.2) is 16.4 Å². The SMILES string of the molecule is COC(=O)c1nc(Br)nn1[C@@H]1CC23COC[C@](C)([C@@H]2CC[C@H]2C3=CC[C@@]3(C)[C@H](C(=O)O)[C@@](C)([C@H](C)C(C)C)CC[C@]23C)[C@H]1OC[C@](C)(N)C(C)C. The van der Waals surface area contributed by atoms with Crippen LogP contribution >= 0.6 is 15.9 Å². The van der Waals surface area contributed by atoms with Gasteiger partial charge in [0.25, 0.3) is 0 Å². The number of carbonyl (C=O) groups excluding carboxylic acids is 1. The van der Waals surface area contributed by atoms with E-state index in [4.69, 9.17) is 25.0 Å². The average molecular weight is 776 g/mol. The number of rotatable bonds is 9. The highest BCUT2D eigenvalue weighted by molar-refractivity contribution is 9.10. The highest BCUT2D eigenvalue weighted by atomic mass is 79.9. The first-order valence-electron chi connectivity index (χ1n) is 19.3. The monoisotopic (exact) mass is 774 g/mol. The van der Waals surface area contributed by atoms with E-state index in [1.54, 1.807) is 4.68 Å². The van der Waals surface area contributed by atoms with Crippen LogP contribution in [0.2, 0.25) is 0 Å². The number of carboxylic acids is 1. The third-order valence-corrected chi connectivity index (χ3v) is 16.6. The Balaban J connectivity index is 1.49. The van der Waals surface area contributed by atoms with Crippen molar-refractivity contribution in [2.75, 3.05) is 26.9 Å². The summed E-state index contributed by atoms with van der Waals surface area (Å²) in [6.07, 6.45) is 7.33. The molecule has 51 heavy (non-hydrogen) atoms. The summed E-state index contributed by atoms with van der Waals surface area (Å²) in [6.45, 7) is 23.7. The molecule has 0 amide bonds. The van der Waals surface area contributed by atoms with E-state index in [-0.39, 0.29) is 57.9 Å². The number of carbonyl (C=O) groups is 2. The second-order valence-electron chi connectivity index (χ2n) is 19.1. The van der Waals surface area contributed by atoms with Crippen LogP contribution in [-0.2, 0) is 19.0 Å². The summed E-state index contributed by atoms with van der Waals surface area (Å²) in [5.41, 5.74) is 5.97. The van der Waals surface area contributed by atoms with Crippen molar-refractivity contribution in [2.45, 2.75) is 125 Å². The van der Waals surface area contributed by atoms with Gasteiger partial charge in [0.2, 0.25) is 10.6 Å². The number of allylic oxidation sites excluding steroid dienone is 1. The number of ether oxygens (including phenoxy) is 3. The van der Waals surface area contributed by atoms with E-state index in [0.29, 0.717) is 43.3 Å². The van der Waals surface area contributed by atoms with Crippen molar-refractivity contribution < 1.29 is 28.9 Å². The van der Waals surface area contributed by atoms with E-state index in [0.717, 1.165) is 25.7 Å². The van der Waals surface area contributed by atoms with Crippen molar-refractivity contribution in [1.29, 1.82) is 0 Å². The van der Waals surface area contributed by atoms with Crippen molar-refractivity contribution in [3.8, 4) is 0 Å². The number of carboxylic acid groups (broad SMARTS) is 1. The van der Waals surface area contributed by atoms with Gasteiger partial charge in [-0.05, 0) is 107 Å². The maximum atomic E-state index is 13.5. The number of nitrogens with two attached hydrogens (primary N) is 1. The van der Waals surface area contributed by atoms with Crippen molar-refractivity contribution in [3.05, 3.63) is 22.2 Å². The van der Waals surface area contributed by atoms with Crippen LogP contribution in [0, 0.1) is 62.6 Å². The van der Waals surface area contributed by atoms with E-state index >= 15 is 0 Å². The number of methoxy groups -OCH3 is 1. The smallest absolute Gasteiger partial charge is 0.375 e. The summed E-state index contributed by atoms with van der Waals surface area (Å²) in [4.78, 5) is 31.2. The quantitative estimate of drug-likeness (QED) is 0.191. The van der Waals surface area contributed by atoms with Crippen LogP contribution in [0.4, 0.5) is 0 Å². The largest absolute Gasteiger partial charge is 0.481 e. The Morgan fingerprint density at radius 3 is 2.41 bits per heavy atom. The zero-order chi connectivity index (χ0) is 37.7. The number of aliphatic carboxylic acids is 1. The van der Waals surface area contributed by atoms with Gasteiger partial charge in [-0.15, -0.1) is 5.10 Å². The summed E-state index contributed by atoms with van der Waals surface area (Å²) >= 11 is 3.45. The zero-order valence-electron chi connectivity index (χ0n) is 32.8.